The molecule has 1 aromatic rings. The number of hydrogen-bond acceptors (Lipinski definition) is 4. The van der Waals surface area contributed by atoms with Crippen molar-refractivity contribution in [2.75, 3.05) is 0 Å². The molecule has 0 saturated heterocycles. The predicted octanol–water partition coefficient (Wildman–Crippen LogP) is -0.540. The van der Waals surface area contributed by atoms with Gasteiger partial charge in [0.1, 0.15) is 11.4 Å². The van der Waals surface area contributed by atoms with E-state index < -0.39 is 17.4 Å². The fourth-order valence-electron chi connectivity index (χ4n) is 1.23. The number of aryl methyl sites for hydroxylation is 1. The van der Waals surface area contributed by atoms with Crippen LogP contribution in [0, 0.1) is 6.92 Å². The molecule has 1 saturated carbocycles. The van der Waals surface area contributed by atoms with Gasteiger partial charge < -0.3 is 10.4 Å². The maximum absolute atomic E-state index is 11.5. The zero-order chi connectivity index (χ0) is 11.1. The molecule has 1 aliphatic rings. The third kappa shape index (κ3) is 1.67. The molecule has 7 nitrogen and oxygen atoms in total. The Hall–Kier alpha value is -1.92. The zero-order valence-corrected chi connectivity index (χ0v) is 8.07. The molecule has 1 amide bonds. The first-order chi connectivity index (χ1) is 7.03. The van der Waals surface area contributed by atoms with Crippen LogP contribution >= 0.6 is 0 Å². The first-order valence-corrected chi connectivity index (χ1v) is 4.48. The monoisotopic (exact) mass is 210 g/mol. The minimum absolute atomic E-state index is 0.0278. The number of carbonyl (C=O) groups is 2. The molecule has 3 N–H and O–H groups in total. The van der Waals surface area contributed by atoms with Crippen LogP contribution in [0.15, 0.2) is 0 Å². The van der Waals surface area contributed by atoms with E-state index in [1.807, 2.05) is 0 Å². The number of amides is 1. The van der Waals surface area contributed by atoms with Gasteiger partial charge in [-0.05, 0) is 19.8 Å². The second kappa shape index (κ2) is 3.04. The summed E-state index contributed by atoms with van der Waals surface area (Å²) >= 11 is 0. The Morgan fingerprint density at radius 3 is 2.60 bits per heavy atom. The third-order valence-corrected chi connectivity index (χ3v) is 2.31. The van der Waals surface area contributed by atoms with Crippen LogP contribution in [0.2, 0.25) is 0 Å². The second-order valence-electron chi connectivity index (χ2n) is 3.59. The van der Waals surface area contributed by atoms with Gasteiger partial charge in [0, 0.05) is 0 Å². The number of carbonyl (C=O) groups excluding carboxylic acids is 1. The van der Waals surface area contributed by atoms with Crippen molar-refractivity contribution in [3.63, 3.8) is 0 Å². The van der Waals surface area contributed by atoms with Crippen LogP contribution in [0.5, 0.6) is 0 Å². The summed E-state index contributed by atoms with van der Waals surface area (Å²) in [4.78, 5) is 26.1. The number of rotatable bonds is 3. The number of hydrogen-bond donors (Lipinski definition) is 3. The van der Waals surface area contributed by atoms with E-state index in [0.717, 1.165) is 0 Å². The molecule has 1 heterocycles. The molecule has 0 aromatic carbocycles. The van der Waals surface area contributed by atoms with E-state index in [-0.39, 0.29) is 5.82 Å². The number of carboxylic acids is 1. The Morgan fingerprint density at radius 1 is 1.53 bits per heavy atom. The molecule has 1 fully saturated rings. The summed E-state index contributed by atoms with van der Waals surface area (Å²) < 4.78 is 0. The quantitative estimate of drug-likeness (QED) is 0.621. The van der Waals surface area contributed by atoms with Gasteiger partial charge >= 0.3 is 5.97 Å². The molecule has 0 atom stereocenters. The van der Waals surface area contributed by atoms with Crippen LogP contribution in [-0.2, 0) is 4.79 Å². The Kier molecular flexibility index (Phi) is 1.95. The molecule has 1 aliphatic carbocycles. The highest BCUT2D eigenvalue weighted by atomic mass is 16.4. The highest BCUT2D eigenvalue weighted by Crippen LogP contribution is 2.35. The van der Waals surface area contributed by atoms with Gasteiger partial charge in [0.05, 0.1) is 0 Å². The molecule has 2 rings (SSSR count). The van der Waals surface area contributed by atoms with Crippen molar-refractivity contribution in [1.82, 2.24) is 20.5 Å². The highest BCUT2D eigenvalue weighted by molar-refractivity contribution is 5.96. The number of nitrogens with one attached hydrogen (secondary N) is 2. The van der Waals surface area contributed by atoms with E-state index >= 15 is 0 Å². The fraction of sp³-hybridized carbons (Fsp3) is 0.500. The van der Waals surface area contributed by atoms with Crippen LogP contribution in [0.4, 0.5) is 0 Å². The molecular weight excluding hydrogens is 200 g/mol. The molecule has 0 unspecified atom stereocenters. The summed E-state index contributed by atoms with van der Waals surface area (Å²) in [6, 6.07) is 0. The van der Waals surface area contributed by atoms with Gasteiger partial charge in [-0.15, -0.1) is 5.10 Å². The number of aromatic amines is 1. The predicted molar refractivity (Wildman–Crippen MR) is 48.2 cm³/mol. The lowest BCUT2D eigenvalue weighted by Crippen LogP contribution is -2.43. The van der Waals surface area contributed by atoms with Crippen LogP contribution in [0.3, 0.4) is 0 Å². The smallest absolute Gasteiger partial charge is 0.329 e. The molecule has 0 spiro atoms. The Morgan fingerprint density at radius 2 is 2.20 bits per heavy atom. The van der Waals surface area contributed by atoms with E-state index in [1.165, 1.54) is 0 Å². The van der Waals surface area contributed by atoms with E-state index in [1.54, 1.807) is 6.92 Å². The van der Waals surface area contributed by atoms with Crippen molar-refractivity contribution >= 4 is 11.9 Å². The lowest BCUT2D eigenvalue weighted by Gasteiger charge is -2.09. The van der Waals surface area contributed by atoms with Crippen LogP contribution in [-0.4, -0.2) is 37.7 Å². The second-order valence-corrected chi connectivity index (χ2v) is 3.59. The molecule has 7 heteroatoms. The van der Waals surface area contributed by atoms with Crippen molar-refractivity contribution < 1.29 is 14.7 Å². The molecule has 0 aliphatic heterocycles. The SMILES string of the molecule is Cc1nc(C(=O)NC2(C(=O)O)CC2)n[nH]1. The summed E-state index contributed by atoms with van der Waals surface area (Å²) in [7, 11) is 0. The molecule has 0 bridgehead atoms. The molecule has 1 aromatic heterocycles. The average molecular weight is 210 g/mol. The number of aromatic nitrogens is 3. The Labute approximate surface area is 84.9 Å². The molecule has 0 radical (unpaired) electrons. The molecular formula is C8H10N4O3. The lowest BCUT2D eigenvalue weighted by atomic mass is 10.3. The fourth-order valence-corrected chi connectivity index (χ4v) is 1.23. The summed E-state index contributed by atoms with van der Waals surface area (Å²) in [5.41, 5.74) is -1.09. The minimum atomic E-state index is -1.09. The maximum Gasteiger partial charge on any atom is 0.329 e. The summed E-state index contributed by atoms with van der Waals surface area (Å²) in [6.07, 6.45) is 0.912. The van der Waals surface area contributed by atoms with Crippen molar-refractivity contribution in [2.24, 2.45) is 0 Å². The first-order valence-electron chi connectivity index (χ1n) is 4.48. The van der Waals surface area contributed by atoms with Crippen LogP contribution in [0.1, 0.15) is 29.3 Å². The van der Waals surface area contributed by atoms with Gasteiger partial charge in [0.2, 0.25) is 5.82 Å². The topological polar surface area (TPSA) is 108 Å². The van der Waals surface area contributed by atoms with Crippen molar-refractivity contribution in [1.29, 1.82) is 0 Å². The van der Waals surface area contributed by atoms with Crippen LogP contribution < -0.4 is 5.32 Å². The molecule has 80 valence electrons. The Balaban J connectivity index is 2.08. The van der Waals surface area contributed by atoms with E-state index in [0.29, 0.717) is 18.7 Å². The summed E-state index contributed by atoms with van der Waals surface area (Å²) in [5, 5.41) is 17.4. The van der Waals surface area contributed by atoms with Crippen molar-refractivity contribution in [3.8, 4) is 0 Å². The van der Waals surface area contributed by atoms with Gasteiger partial charge in [0.15, 0.2) is 0 Å². The number of aliphatic carboxylic acids is 1. The van der Waals surface area contributed by atoms with Gasteiger partial charge in [-0.2, -0.15) is 0 Å². The van der Waals surface area contributed by atoms with E-state index in [2.05, 4.69) is 20.5 Å². The number of H-pyrrole nitrogens is 1. The van der Waals surface area contributed by atoms with E-state index in [9.17, 15) is 9.59 Å². The summed E-state index contributed by atoms with van der Waals surface area (Å²) in [5.74, 6) is -1.08. The van der Waals surface area contributed by atoms with Gasteiger partial charge in [-0.1, -0.05) is 0 Å². The highest BCUT2D eigenvalue weighted by Gasteiger charge is 2.52. The zero-order valence-electron chi connectivity index (χ0n) is 8.07. The lowest BCUT2D eigenvalue weighted by molar-refractivity contribution is -0.140. The Bertz CT molecular complexity index is 421. The number of nitrogens with zero attached hydrogens (tertiary/aromatic N) is 2. The normalized spacial score (nSPS) is 17.1. The van der Waals surface area contributed by atoms with Crippen LogP contribution in [0.25, 0.3) is 0 Å². The van der Waals surface area contributed by atoms with Crippen molar-refractivity contribution in [3.05, 3.63) is 11.6 Å². The van der Waals surface area contributed by atoms with Gasteiger partial charge in [0.25, 0.3) is 5.91 Å². The first kappa shape index (κ1) is 9.63. The number of carboxylic acid groups (broad SMARTS) is 1. The minimum Gasteiger partial charge on any atom is -0.480 e. The third-order valence-electron chi connectivity index (χ3n) is 2.31. The molecule has 15 heavy (non-hydrogen) atoms. The standard InChI is InChI=1S/C8H10N4O3/c1-4-9-5(12-11-4)6(13)10-8(2-3-8)7(14)15/h2-3H2,1H3,(H,10,13)(H,14,15)(H,9,11,12). The average Bonchev–Trinajstić information content (AvgIpc) is 2.82. The van der Waals surface area contributed by atoms with Gasteiger partial charge in [-0.3, -0.25) is 9.89 Å². The van der Waals surface area contributed by atoms with E-state index in [4.69, 9.17) is 5.11 Å². The maximum atomic E-state index is 11.5. The van der Waals surface area contributed by atoms with Crippen molar-refractivity contribution in [2.45, 2.75) is 25.3 Å². The largest absolute Gasteiger partial charge is 0.480 e. The summed E-state index contributed by atoms with van der Waals surface area (Å²) in [6.45, 7) is 1.66. The van der Waals surface area contributed by atoms with Gasteiger partial charge in [-0.25, -0.2) is 9.78 Å².